The lowest BCUT2D eigenvalue weighted by Crippen LogP contribution is -2.42. The molecular formula is C19H30N6O. The van der Waals surface area contributed by atoms with Crippen LogP contribution in [0.25, 0.3) is 5.78 Å². The van der Waals surface area contributed by atoms with Crippen LogP contribution >= 0.6 is 0 Å². The zero-order valence-corrected chi connectivity index (χ0v) is 16.3. The van der Waals surface area contributed by atoms with Gasteiger partial charge in [0.2, 0.25) is 5.91 Å². The van der Waals surface area contributed by atoms with Crippen LogP contribution in [0.15, 0.2) is 6.33 Å². The number of nitrogens with zero attached hydrogens (tertiary/aromatic N) is 5. The molecule has 2 atom stereocenters. The summed E-state index contributed by atoms with van der Waals surface area (Å²) in [5, 5.41) is 7.26. The fourth-order valence-corrected chi connectivity index (χ4v) is 4.17. The maximum atomic E-state index is 12.2. The van der Waals surface area contributed by atoms with Crippen molar-refractivity contribution >= 4 is 11.7 Å². The van der Waals surface area contributed by atoms with E-state index in [4.69, 9.17) is 0 Å². The Hall–Kier alpha value is -2.02. The van der Waals surface area contributed by atoms with Crippen molar-refractivity contribution in [3.8, 4) is 0 Å². The van der Waals surface area contributed by atoms with Crippen molar-refractivity contribution in [1.29, 1.82) is 0 Å². The van der Waals surface area contributed by atoms with E-state index in [0.717, 1.165) is 55.0 Å². The molecule has 1 fully saturated rings. The van der Waals surface area contributed by atoms with Gasteiger partial charge < -0.3 is 10.2 Å². The Kier molecular flexibility index (Phi) is 5.86. The molecule has 3 heterocycles. The summed E-state index contributed by atoms with van der Waals surface area (Å²) in [6.07, 6.45) is 3.96. The first-order chi connectivity index (χ1) is 12.4. The van der Waals surface area contributed by atoms with Gasteiger partial charge in [-0.05, 0) is 44.1 Å². The van der Waals surface area contributed by atoms with Gasteiger partial charge in [-0.25, -0.2) is 9.50 Å². The van der Waals surface area contributed by atoms with Gasteiger partial charge in [-0.3, -0.25) is 4.79 Å². The Morgan fingerprint density at radius 3 is 2.73 bits per heavy atom. The van der Waals surface area contributed by atoms with Crippen LogP contribution in [0.4, 0.5) is 0 Å². The number of aryl methyl sites for hydroxylation is 2. The zero-order chi connectivity index (χ0) is 18.7. The summed E-state index contributed by atoms with van der Waals surface area (Å²) in [4.78, 5) is 23.3. The lowest BCUT2D eigenvalue weighted by molar-refractivity contribution is -0.121. The Labute approximate surface area is 155 Å². The van der Waals surface area contributed by atoms with Gasteiger partial charge in [-0.2, -0.15) is 10.1 Å². The Morgan fingerprint density at radius 2 is 2.00 bits per heavy atom. The van der Waals surface area contributed by atoms with Gasteiger partial charge in [0.25, 0.3) is 5.78 Å². The number of rotatable bonds is 6. The second kappa shape index (κ2) is 8.12. The molecule has 2 unspecified atom stereocenters. The largest absolute Gasteiger partial charge is 0.355 e. The van der Waals surface area contributed by atoms with E-state index >= 15 is 0 Å². The topological polar surface area (TPSA) is 75.4 Å². The monoisotopic (exact) mass is 358 g/mol. The van der Waals surface area contributed by atoms with Crippen LogP contribution < -0.4 is 5.32 Å². The molecule has 3 rings (SSSR count). The first kappa shape index (κ1) is 18.8. The lowest BCUT2D eigenvalue weighted by Gasteiger charge is -2.34. The molecule has 1 aliphatic heterocycles. The molecule has 7 heteroatoms. The molecule has 0 aliphatic carbocycles. The van der Waals surface area contributed by atoms with E-state index in [1.807, 2.05) is 13.8 Å². The molecule has 1 N–H and O–H groups in total. The molecule has 2 aromatic rings. The van der Waals surface area contributed by atoms with Crippen LogP contribution in [-0.4, -0.2) is 56.6 Å². The summed E-state index contributed by atoms with van der Waals surface area (Å²) < 4.78 is 1.74. The van der Waals surface area contributed by atoms with Gasteiger partial charge >= 0.3 is 0 Å². The maximum absolute atomic E-state index is 12.2. The third-order valence-electron chi connectivity index (χ3n) is 5.29. The quantitative estimate of drug-likeness (QED) is 0.852. The molecular weight excluding hydrogens is 328 g/mol. The molecule has 142 valence electrons. The number of likely N-dealkylation sites (tertiary alicyclic amines) is 1. The molecule has 0 spiro atoms. The van der Waals surface area contributed by atoms with E-state index in [9.17, 15) is 4.79 Å². The predicted octanol–water partition coefficient (Wildman–Crippen LogP) is 1.77. The summed E-state index contributed by atoms with van der Waals surface area (Å²) in [6.45, 7) is 12.5. The van der Waals surface area contributed by atoms with Crippen molar-refractivity contribution in [2.45, 2.75) is 47.0 Å². The average molecular weight is 358 g/mol. The van der Waals surface area contributed by atoms with E-state index in [1.165, 1.54) is 12.7 Å². The SMILES string of the molecule is Cc1nc2ncnn2c(C)c1CCC(=O)NCCN1CC(C)CC(C)C1. The van der Waals surface area contributed by atoms with Crippen molar-refractivity contribution < 1.29 is 4.79 Å². The fourth-order valence-electron chi connectivity index (χ4n) is 4.17. The Bertz CT molecular complexity index is 761. The minimum atomic E-state index is 0.0978. The average Bonchev–Trinajstić information content (AvgIpc) is 3.02. The van der Waals surface area contributed by atoms with Gasteiger partial charge in [0.15, 0.2) is 0 Å². The highest BCUT2D eigenvalue weighted by Gasteiger charge is 2.21. The normalized spacial score (nSPS) is 21.2. The third kappa shape index (κ3) is 4.38. The number of fused-ring (bicyclic) bond motifs is 1. The molecule has 0 aromatic carbocycles. The highest BCUT2D eigenvalue weighted by molar-refractivity contribution is 5.76. The maximum Gasteiger partial charge on any atom is 0.252 e. The van der Waals surface area contributed by atoms with Crippen LogP contribution in [0.5, 0.6) is 0 Å². The Morgan fingerprint density at radius 1 is 1.27 bits per heavy atom. The lowest BCUT2D eigenvalue weighted by atomic mass is 9.92. The molecule has 7 nitrogen and oxygen atoms in total. The van der Waals surface area contributed by atoms with Crippen LogP contribution in [0, 0.1) is 25.7 Å². The Balaban J connectivity index is 1.47. The minimum absolute atomic E-state index is 0.0978. The molecule has 1 amide bonds. The summed E-state index contributed by atoms with van der Waals surface area (Å²) >= 11 is 0. The van der Waals surface area contributed by atoms with Crippen LogP contribution in [0.2, 0.25) is 0 Å². The molecule has 0 saturated carbocycles. The van der Waals surface area contributed by atoms with Crippen LogP contribution in [0.1, 0.15) is 43.6 Å². The molecule has 2 aromatic heterocycles. The number of hydrogen-bond donors (Lipinski definition) is 1. The molecule has 0 bridgehead atoms. The summed E-state index contributed by atoms with van der Waals surface area (Å²) in [5.74, 6) is 2.21. The number of aromatic nitrogens is 4. The second-order valence-corrected chi connectivity index (χ2v) is 7.79. The van der Waals surface area contributed by atoms with E-state index in [-0.39, 0.29) is 5.91 Å². The smallest absolute Gasteiger partial charge is 0.252 e. The molecule has 1 aliphatic rings. The van der Waals surface area contributed by atoms with Gasteiger partial charge in [0.05, 0.1) is 0 Å². The number of nitrogens with one attached hydrogen (secondary N) is 1. The van der Waals surface area contributed by atoms with Crippen molar-refractivity contribution in [3.05, 3.63) is 23.3 Å². The number of carbonyl (C=O) groups is 1. The van der Waals surface area contributed by atoms with Gasteiger partial charge in [0, 0.05) is 44.0 Å². The van der Waals surface area contributed by atoms with Crippen molar-refractivity contribution in [1.82, 2.24) is 29.8 Å². The van der Waals surface area contributed by atoms with E-state index in [0.29, 0.717) is 18.6 Å². The first-order valence-electron chi connectivity index (χ1n) is 9.59. The number of carbonyl (C=O) groups excluding carboxylic acids is 1. The van der Waals surface area contributed by atoms with E-state index < -0.39 is 0 Å². The van der Waals surface area contributed by atoms with Gasteiger partial charge in [0.1, 0.15) is 6.33 Å². The highest BCUT2D eigenvalue weighted by atomic mass is 16.1. The predicted molar refractivity (Wildman–Crippen MR) is 101 cm³/mol. The number of hydrogen-bond acceptors (Lipinski definition) is 5. The fraction of sp³-hybridized carbons (Fsp3) is 0.684. The number of piperidine rings is 1. The number of amides is 1. The second-order valence-electron chi connectivity index (χ2n) is 7.79. The standard InChI is InChI=1S/C19H30N6O/c1-13-9-14(2)11-24(10-13)8-7-20-18(26)6-5-17-15(3)23-19-21-12-22-25(19)16(17)4/h12-14H,5-11H2,1-4H3,(H,20,26). The van der Waals surface area contributed by atoms with Crippen LogP contribution in [0.3, 0.4) is 0 Å². The molecule has 1 saturated heterocycles. The van der Waals surface area contributed by atoms with Gasteiger partial charge in [-0.1, -0.05) is 13.8 Å². The van der Waals surface area contributed by atoms with E-state index in [1.54, 1.807) is 4.52 Å². The first-order valence-corrected chi connectivity index (χ1v) is 9.59. The molecule has 0 radical (unpaired) electrons. The third-order valence-corrected chi connectivity index (χ3v) is 5.29. The summed E-state index contributed by atoms with van der Waals surface area (Å²) in [6, 6.07) is 0. The summed E-state index contributed by atoms with van der Waals surface area (Å²) in [7, 11) is 0. The molecule has 26 heavy (non-hydrogen) atoms. The van der Waals surface area contributed by atoms with Crippen molar-refractivity contribution in [2.75, 3.05) is 26.2 Å². The van der Waals surface area contributed by atoms with E-state index in [2.05, 4.69) is 39.1 Å². The van der Waals surface area contributed by atoms with Crippen molar-refractivity contribution in [2.24, 2.45) is 11.8 Å². The van der Waals surface area contributed by atoms with Gasteiger partial charge in [-0.15, -0.1) is 0 Å². The minimum Gasteiger partial charge on any atom is -0.355 e. The van der Waals surface area contributed by atoms with Crippen LogP contribution in [-0.2, 0) is 11.2 Å². The highest BCUT2D eigenvalue weighted by Crippen LogP contribution is 2.20. The zero-order valence-electron chi connectivity index (χ0n) is 16.3. The van der Waals surface area contributed by atoms with Crippen molar-refractivity contribution in [3.63, 3.8) is 0 Å². The summed E-state index contributed by atoms with van der Waals surface area (Å²) in [5.41, 5.74) is 3.01.